The van der Waals surface area contributed by atoms with E-state index in [4.69, 9.17) is 5.21 Å². The molecule has 0 spiro atoms. The van der Waals surface area contributed by atoms with Crippen LogP contribution >= 0.6 is 0 Å². The normalized spacial score (nSPS) is 11.1. The third-order valence-corrected chi connectivity index (χ3v) is 4.19. The second-order valence-electron chi connectivity index (χ2n) is 5.76. The lowest BCUT2D eigenvalue weighted by atomic mass is 9.97. The topological polar surface area (TPSA) is 86.6 Å². The standard InChI is InChI=1S/C20H12FN5O/c21-18-6-5-13(9-17(18)16-4-2-1-3-14(16)10-22)19-12-23-20-25-15(11-24-27)7-8-26(19)20/h1-9,11-12,27H/b24-11+. The Bertz CT molecular complexity index is 1220. The molecule has 0 aliphatic heterocycles. The summed E-state index contributed by atoms with van der Waals surface area (Å²) in [6.07, 6.45) is 4.59. The lowest BCUT2D eigenvalue weighted by molar-refractivity contribution is 0.321. The van der Waals surface area contributed by atoms with Gasteiger partial charge in [-0.15, -0.1) is 0 Å². The molecule has 4 aromatic rings. The van der Waals surface area contributed by atoms with Crippen LogP contribution in [-0.2, 0) is 0 Å². The van der Waals surface area contributed by atoms with Crippen molar-refractivity contribution in [1.29, 1.82) is 5.26 Å². The third kappa shape index (κ3) is 2.89. The fraction of sp³-hybridized carbons (Fsp3) is 0. The van der Waals surface area contributed by atoms with Crippen molar-refractivity contribution in [2.24, 2.45) is 5.16 Å². The Morgan fingerprint density at radius 1 is 1.15 bits per heavy atom. The SMILES string of the molecule is N#Cc1ccccc1-c1cc(-c2cnc3nc(/C=N/O)ccn23)ccc1F. The van der Waals surface area contributed by atoms with Crippen molar-refractivity contribution in [2.75, 3.05) is 0 Å². The zero-order valence-corrected chi connectivity index (χ0v) is 13.9. The van der Waals surface area contributed by atoms with Crippen LogP contribution < -0.4 is 0 Å². The zero-order chi connectivity index (χ0) is 18.8. The Labute approximate surface area is 153 Å². The molecular formula is C20H12FN5O. The maximum atomic E-state index is 14.5. The molecule has 2 aromatic carbocycles. The number of aromatic nitrogens is 3. The van der Waals surface area contributed by atoms with Crippen LogP contribution in [-0.4, -0.2) is 25.8 Å². The van der Waals surface area contributed by atoms with Gasteiger partial charge in [-0.2, -0.15) is 5.26 Å². The second-order valence-corrected chi connectivity index (χ2v) is 5.76. The summed E-state index contributed by atoms with van der Waals surface area (Å²) in [5.41, 5.74) is 3.20. The maximum absolute atomic E-state index is 14.5. The predicted molar refractivity (Wildman–Crippen MR) is 97.9 cm³/mol. The molecule has 0 radical (unpaired) electrons. The predicted octanol–water partition coefficient (Wildman–Crippen LogP) is 3.88. The smallest absolute Gasteiger partial charge is 0.234 e. The molecule has 2 heterocycles. The van der Waals surface area contributed by atoms with Crippen LogP contribution in [0, 0.1) is 17.1 Å². The molecule has 130 valence electrons. The molecule has 6 nitrogen and oxygen atoms in total. The molecule has 0 amide bonds. The zero-order valence-electron chi connectivity index (χ0n) is 13.9. The van der Waals surface area contributed by atoms with E-state index in [1.54, 1.807) is 59.3 Å². The van der Waals surface area contributed by atoms with Crippen LogP contribution in [0.2, 0.25) is 0 Å². The van der Waals surface area contributed by atoms with E-state index in [9.17, 15) is 9.65 Å². The Kier molecular flexibility index (Phi) is 4.07. The summed E-state index contributed by atoms with van der Waals surface area (Å²) >= 11 is 0. The van der Waals surface area contributed by atoms with E-state index < -0.39 is 5.82 Å². The van der Waals surface area contributed by atoms with Gasteiger partial charge in [-0.25, -0.2) is 14.4 Å². The monoisotopic (exact) mass is 357 g/mol. The fourth-order valence-corrected chi connectivity index (χ4v) is 2.94. The van der Waals surface area contributed by atoms with E-state index in [-0.39, 0.29) is 0 Å². The summed E-state index contributed by atoms with van der Waals surface area (Å²) in [6.45, 7) is 0. The summed E-state index contributed by atoms with van der Waals surface area (Å²) in [5.74, 6) is 0.0144. The first-order valence-electron chi connectivity index (χ1n) is 8.02. The first-order chi connectivity index (χ1) is 13.2. The van der Waals surface area contributed by atoms with Crippen LogP contribution in [0.3, 0.4) is 0 Å². The van der Waals surface area contributed by atoms with Crippen molar-refractivity contribution < 1.29 is 9.60 Å². The van der Waals surface area contributed by atoms with E-state index in [1.165, 1.54) is 12.3 Å². The third-order valence-electron chi connectivity index (χ3n) is 4.19. The van der Waals surface area contributed by atoms with E-state index in [1.807, 2.05) is 0 Å². The minimum atomic E-state index is -0.408. The van der Waals surface area contributed by atoms with Gasteiger partial charge in [0.05, 0.1) is 35.4 Å². The van der Waals surface area contributed by atoms with Crippen LogP contribution in [0.5, 0.6) is 0 Å². The molecule has 0 saturated carbocycles. The number of imidazole rings is 1. The highest BCUT2D eigenvalue weighted by atomic mass is 19.1. The van der Waals surface area contributed by atoms with Crippen LogP contribution in [0.15, 0.2) is 66.1 Å². The van der Waals surface area contributed by atoms with Crippen molar-refractivity contribution in [3.05, 3.63) is 78.0 Å². The lowest BCUT2D eigenvalue weighted by Gasteiger charge is -2.09. The number of hydrogen-bond donors (Lipinski definition) is 1. The summed E-state index contributed by atoms with van der Waals surface area (Å²) < 4.78 is 16.2. The van der Waals surface area contributed by atoms with E-state index in [2.05, 4.69) is 21.2 Å². The number of nitrogens with zero attached hydrogens (tertiary/aromatic N) is 5. The first-order valence-corrected chi connectivity index (χ1v) is 8.02. The summed E-state index contributed by atoms with van der Waals surface area (Å²) in [6, 6.07) is 15.4. The van der Waals surface area contributed by atoms with Crippen molar-refractivity contribution in [1.82, 2.24) is 14.4 Å². The first kappa shape index (κ1) is 16.4. The van der Waals surface area contributed by atoms with Crippen LogP contribution in [0.4, 0.5) is 4.39 Å². The second kappa shape index (κ2) is 6.69. The highest BCUT2D eigenvalue weighted by molar-refractivity contribution is 5.78. The van der Waals surface area contributed by atoms with Gasteiger partial charge in [0.25, 0.3) is 0 Å². The van der Waals surface area contributed by atoms with Gasteiger partial charge in [-0.05, 0) is 30.3 Å². The summed E-state index contributed by atoms with van der Waals surface area (Å²) in [4.78, 5) is 8.52. The molecule has 7 heteroatoms. The van der Waals surface area contributed by atoms with Crippen molar-refractivity contribution in [3.63, 3.8) is 0 Å². The Morgan fingerprint density at radius 3 is 2.81 bits per heavy atom. The molecule has 1 N–H and O–H groups in total. The maximum Gasteiger partial charge on any atom is 0.234 e. The number of hydrogen-bond acceptors (Lipinski definition) is 5. The fourth-order valence-electron chi connectivity index (χ4n) is 2.94. The molecule has 0 aliphatic carbocycles. The van der Waals surface area contributed by atoms with Crippen LogP contribution in [0.1, 0.15) is 11.3 Å². The van der Waals surface area contributed by atoms with E-state index in [0.29, 0.717) is 28.2 Å². The molecule has 0 fully saturated rings. The Morgan fingerprint density at radius 2 is 2.00 bits per heavy atom. The minimum absolute atomic E-state index is 0.344. The van der Waals surface area contributed by atoms with E-state index in [0.717, 1.165) is 11.3 Å². The van der Waals surface area contributed by atoms with Crippen LogP contribution in [0.25, 0.3) is 28.2 Å². The van der Waals surface area contributed by atoms with Gasteiger partial charge in [0, 0.05) is 22.9 Å². The van der Waals surface area contributed by atoms with Crippen molar-refractivity contribution in [3.8, 4) is 28.5 Å². The van der Waals surface area contributed by atoms with Gasteiger partial charge in [0.1, 0.15) is 5.82 Å². The number of oxime groups is 1. The highest BCUT2D eigenvalue weighted by Gasteiger charge is 2.13. The largest absolute Gasteiger partial charge is 0.411 e. The Balaban J connectivity index is 1.87. The average Bonchev–Trinajstić information content (AvgIpc) is 3.12. The highest BCUT2D eigenvalue weighted by Crippen LogP contribution is 2.31. The molecule has 2 aromatic heterocycles. The molecule has 0 unspecified atom stereocenters. The lowest BCUT2D eigenvalue weighted by Crippen LogP contribution is -1.96. The molecule has 0 atom stereocenters. The summed E-state index contributed by atoms with van der Waals surface area (Å²) in [5, 5.41) is 20.9. The molecular weight excluding hydrogens is 345 g/mol. The van der Waals surface area contributed by atoms with Gasteiger partial charge < -0.3 is 5.21 Å². The van der Waals surface area contributed by atoms with Crippen molar-refractivity contribution in [2.45, 2.75) is 0 Å². The van der Waals surface area contributed by atoms with Gasteiger partial charge in [-0.3, -0.25) is 4.40 Å². The van der Waals surface area contributed by atoms with Gasteiger partial charge >= 0.3 is 0 Å². The quantitative estimate of drug-likeness (QED) is 0.342. The van der Waals surface area contributed by atoms with Crippen molar-refractivity contribution >= 4 is 12.0 Å². The molecule has 0 bridgehead atoms. The Hall–Kier alpha value is -4.05. The number of nitriles is 1. The molecule has 0 saturated heterocycles. The van der Waals surface area contributed by atoms with E-state index >= 15 is 0 Å². The number of fused-ring (bicyclic) bond motifs is 1. The van der Waals surface area contributed by atoms with Gasteiger partial charge in [0.15, 0.2) is 0 Å². The number of rotatable bonds is 3. The van der Waals surface area contributed by atoms with Gasteiger partial charge in [0.2, 0.25) is 5.78 Å². The molecule has 27 heavy (non-hydrogen) atoms. The summed E-state index contributed by atoms with van der Waals surface area (Å²) in [7, 11) is 0. The molecule has 4 rings (SSSR count). The average molecular weight is 357 g/mol. The number of benzene rings is 2. The number of halogens is 1. The molecule has 0 aliphatic rings. The van der Waals surface area contributed by atoms with Gasteiger partial charge in [-0.1, -0.05) is 23.4 Å². The minimum Gasteiger partial charge on any atom is -0.411 e.